The lowest BCUT2D eigenvalue weighted by Crippen LogP contribution is -2.41. The summed E-state index contributed by atoms with van der Waals surface area (Å²) in [5.41, 5.74) is 7.66. The number of benzene rings is 2. The predicted octanol–water partition coefficient (Wildman–Crippen LogP) is 5.35. The van der Waals surface area contributed by atoms with Crippen molar-refractivity contribution in [1.29, 1.82) is 0 Å². The average Bonchev–Trinajstić information content (AvgIpc) is 3.30. The van der Waals surface area contributed by atoms with E-state index in [-0.39, 0.29) is 23.4 Å². The average molecular weight is 524 g/mol. The lowest BCUT2D eigenvalue weighted by Gasteiger charge is -2.33. The third-order valence-corrected chi connectivity index (χ3v) is 9.20. The molecule has 1 unspecified atom stereocenters. The third kappa shape index (κ3) is 4.03. The van der Waals surface area contributed by atoms with E-state index in [1.807, 2.05) is 0 Å². The maximum absolute atomic E-state index is 14.2. The van der Waals surface area contributed by atoms with Crippen LogP contribution < -0.4 is 16.0 Å². The molecule has 0 spiro atoms. The summed E-state index contributed by atoms with van der Waals surface area (Å²) in [6, 6.07) is 11.0. The predicted molar refractivity (Wildman–Crippen MR) is 139 cm³/mol. The Bertz CT molecular complexity index is 1790. The zero-order valence-electron chi connectivity index (χ0n) is 20.0. The Balaban J connectivity index is 1.54. The van der Waals surface area contributed by atoms with Crippen molar-refractivity contribution in [3.05, 3.63) is 106 Å². The Labute approximate surface area is 211 Å². The fourth-order valence-corrected chi connectivity index (χ4v) is 6.28. The lowest BCUT2D eigenvalue weighted by atomic mass is 9.87. The molecule has 2 aromatic carbocycles. The summed E-state index contributed by atoms with van der Waals surface area (Å²) < 4.78 is 60.7. The van der Waals surface area contributed by atoms with Crippen molar-refractivity contribution in [3.63, 3.8) is 0 Å². The van der Waals surface area contributed by atoms with Crippen LogP contribution in [-0.2, 0) is 10.0 Å². The molecule has 5 rings (SSSR count). The molecule has 0 amide bonds. The van der Waals surface area contributed by atoms with E-state index in [4.69, 9.17) is 10.5 Å². The van der Waals surface area contributed by atoms with Crippen molar-refractivity contribution < 1.29 is 21.9 Å². The molecule has 1 aliphatic rings. The van der Waals surface area contributed by atoms with Gasteiger partial charge in [0.2, 0.25) is 10.0 Å². The second-order valence-corrected chi connectivity index (χ2v) is 11.3. The highest BCUT2D eigenvalue weighted by Crippen LogP contribution is 2.42. The van der Waals surface area contributed by atoms with Gasteiger partial charge in [-0.1, -0.05) is 12.2 Å². The van der Waals surface area contributed by atoms with Crippen LogP contribution in [0, 0.1) is 11.6 Å². The van der Waals surface area contributed by atoms with Gasteiger partial charge in [0.05, 0.1) is 0 Å². The van der Waals surface area contributed by atoms with Crippen molar-refractivity contribution >= 4 is 32.2 Å². The number of H-pyrrole nitrogens is 1. The van der Waals surface area contributed by atoms with E-state index in [0.29, 0.717) is 27.8 Å². The van der Waals surface area contributed by atoms with E-state index in [1.54, 1.807) is 56.3 Å². The topological polar surface area (TPSA) is 107 Å². The minimum atomic E-state index is -4.06. The highest BCUT2D eigenvalue weighted by atomic mass is 32.2. The number of ether oxygens (including phenoxy) is 1. The van der Waals surface area contributed by atoms with Crippen molar-refractivity contribution in [3.8, 4) is 11.5 Å². The summed E-state index contributed by atoms with van der Waals surface area (Å²) in [6.45, 7) is 3.31. The number of allylic oxidation sites excluding steroid dienone is 3. The minimum Gasteiger partial charge on any atom is -0.454 e. The Morgan fingerprint density at radius 1 is 1.08 bits per heavy atom. The number of nitrogen functional groups attached to an aromatic ring is 1. The number of hydrogen-bond acceptors (Lipinski definition) is 5. The van der Waals surface area contributed by atoms with Crippen LogP contribution in [0.4, 0.5) is 14.5 Å². The number of pyridine rings is 1. The van der Waals surface area contributed by atoms with Gasteiger partial charge in [-0.05, 0) is 73.9 Å². The molecule has 0 saturated heterocycles. The molecule has 0 radical (unpaired) electrons. The van der Waals surface area contributed by atoms with E-state index in [9.17, 15) is 22.0 Å². The molecule has 10 heteroatoms. The highest BCUT2D eigenvalue weighted by molar-refractivity contribution is 7.91. The molecule has 0 saturated carbocycles. The monoisotopic (exact) mass is 523 g/mol. The van der Waals surface area contributed by atoms with Crippen molar-refractivity contribution in [2.24, 2.45) is 0 Å². The van der Waals surface area contributed by atoms with Gasteiger partial charge >= 0.3 is 0 Å². The van der Waals surface area contributed by atoms with Gasteiger partial charge in [-0.25, -0.2) is 21.2 Å². The van der Waals surface area contributed by atoms with Crippen LogP contribution in [0.2, 0.25) is 0 Å². The maximum atomic E-state index is 14.2. The molecule has 190 valence electrons. The molecule has 4 aromatic rings. The normalized spacial score (nSPS) is 17.9. The number of anilines is 1. The first-order valence-corrected chi connectivity index (χ1v) is 12.8. The first-order chi connectivity index (χ1) is 17.5. The Morgan fingerprint density at radius 3 is 2.57 bits per heavy atom. The zero-order valence-corrected chi connectivity index (χ0v) is 20.8. The summed E-state index contributed by atoms with van der Waals surface area (Å²) in [4.78, 5) is 15.0. The number of fused-ring (bicyclic) bond motifs is 1. The van der Waals surface area contributed by atoms with Gasteiger partial charge in [0.25, 0.3) is 5.56 Å². The lowest BCUT2D eigenvalue weighted by molar-refractivity contribution is 0.437. The van der Waals surface area contributed by atoms with Crippen LogP contribution in [0.1, 0.15) is 25.8 Å². The Morgan fingerprint density at radius 2 is 1.84 bits per heavy atom. The summed E-state index contributed by atoms with van der Waals surface area (Å²) in [7, 11) is -4.06. The van der Waals surface area contributed by atoms with Crippen LogP contribution in [0.15, 0.2) is 83.4 Å². The molecule has 2 aromatic heterocycles. The van der Waals surface area contributed by atoms with Crippen LogP contribution in [0.25, 0.3) is 16.5 Å². The summed E-state index contributed by atoms with van der Waals surface area (Å²) in [5.74, 6) is -1.49. The Kier molecular flexibility index (Phi) is 5.79. The molecule has 0 aliphatic heterocycles. The van der Waals surface area contributed by atoms with Gasteiger partial charge < -0.3 is 15.5 Å². The minimum absolute atomic E-state index is 0.0548. The second-order valence-electron chi connectivity index (χ2n) is 9.08. The first-order valence-electron chi connectivity index (χ1n) is 11.4. The van der Waals surface area contributed by atoms with Crippen LogP contribution in [0.5, 0.6) is 11.5 Å². The molecule has 3 N–H and O–H groups in total. The van der Waals surface area contributed by atoms with Gasteiger partial charge in [-0.15, -0.1) is 0 Å². The highest BCUT2D eigenvalue weighted by Gasteiger charge is 2.43. The van der Waals surface area contributed by atoms with Crippen molar-refractivity contribution in [1.82, 2.24) is 8.96 Å². The molecule has 1 atom stereocenters. The zero-order chi connectivity index (χ0) is 26.5. The van der Waals surface area contributed by atoms with Crippen molar-refractivity contribution in [2.45, 2.75) is 25.0 Å². The molecular formula is C27H23F2N3O4S. The summed E-state index contributed by atoms with van der Waals surface area (Å²) >= 11 is 0. The largest absolute Gasteiger partial charge is 0.454 e. The number of nitrogens with one attached hydrogen (secondary N) is 1. The van der Waals surface area contributed by atoms with E-state index in [2.05, 4.69) is 4.98 Å². The third-order valence-electron chi connectivity index (χ3n) is 6.75. The SMILES string of the molecule is CC1=CC(c2cc(N)ccc2Oc2ccc(F)cc2F)=CCC1(C)S(=O)(=O)n1ccc2cc[nH]c(=O)c21. The van der Waals surface area contributed by atoms with E-state index in [1.165, 1.54) is 18.5 Å². The van der Waals surface area contributed by atoms with Gasteiger partial charge in [0.1, 0.15) is 21.8 Å². The first kappa shape index (κ1) is 24.5. The molecule has 1 aliphatic carbocycles. The molecule has 2 heterocycles. The van der Waals surface area contributed by atoms with Crippen molar-refractivity contribution in [2.75, 3.05) is 5.73 Å². The van der Waals surface area contributed by atoms with Crippen LogP contribution >= 0.6 is 0 Å². The number of aromatic nitrogens is 2. The standard InChI is InChI=1S/C27H23F2N3O4S/c1-16-13-18(21-15-20(30)4-6-23(21)36-24-5-3-19(28)14-22(24)29)7-10-27(16,2)37(34,35)32-12-9-17-8-11-31-26(33)25(17)32/h3-9,11-15H,10,30H2,1-2H3,(H,31,33). The van der Waals surface area contributed by atoms with E-state index >= 15 is 0 Å². The molecule has 0 fully saturated rings. The quantitative estimate of drug-likeness (QED) is 0.343. The smallest absolute Gasteiger partial charge is 0.273 e. The number of rotatable bonds is 5. The van der Waals surface area contributed by atoms with E-state index in [0.717, 1.165) is 16.1 Å². The maximum Gasteiger partial charge on any atom is 0.273 e. The van der Waals surface area contributed by atoms with Gasteiger partial charge in [-0.3, -0.25) is 4.79 Å². The molecular weight excluding hydrogens is 500 g/mol. The number of hydrogen-bond donors (Lipinski definition) is 2. The Hall–Kier alpha value is -4.18. The number of halogens is 2. The summed E-state index contributed by atoms with van der Waals surface area (Å²) in [5, 5.41) is 0.513. The number of aromatic amines is 1. The summed E-state index contributed by atoms with van der Waals surface area (Å²) in [6.07, 6.45) is 6.39. The van der Waals surface area contributed by atoms with Crippen LogP contribution in [-0.4, -0.2) is 22.1 Å². The molecule has 37 heavy (non-hydrogen) atoms. The fourth-order valence-electron chi connectivity index (χ4n) is 4.43. The van der Waals surface area contributed by atoms with E-state index < -0.39 is 32.0 Å². The van der Waals surface area contributed by atoms with Gasteiger partial charge in [0.15, 0.2) is 11.6 Å². The van der Waals surface area contributed by atoms with Gasteiger partial charge in [0, 0.05) is 35.1 Å². The fraction of sp³-hybridized carbons (Fsp3) is 0.148. The second kappa shape index (κ2) is 8.74. The number of nitrogens with zero attached hydrogens (tertiary/aromatic N) is 1. The van der Waals surface area contributed by atoms with Crippen LogP contribution in [0.3, 0.4) is 0 Å². The van der Waals surface area contributed by atoms with Gasteiger partial charge in [-0.2, -0.15) is 0 Å². The molecule has 7 nitrogen and oxygen atoms in total. The molecule has 0 bridgehead atoms. The number of nitrogens with two attached hydrogens (primary N) is 1.